The van der Waals surface area contributed by atoms with Crippen LogP contribution in [-0.2, 0) is 14.6 Å². The second kappa shape index (κ2) is 12.1. The molecule has 1 amide bonds. The van der Waals surface area contributed by atoms with Crippen LogP contribution in [0.4, 0.5) is 4.79 Å². The molecule has 1 saturated carbocycles. The lowest BCUT2D eigenvalue weighted by molar-refractivity contribution is 0.00782. The molecule has 2 heterocycles. The fraction of sp³-hybridized carbons (Fsp3) is 0.720. The van der Waals surface area contributed by atoms with E-state index < -0.39 is 9.84 Å². The van der Waals surface area contributed by atoms with E-state index in [1.807, 2.05) is 25.7 Å². The van der Waals surface area contributed by atoms with Crippen LogP contribution < -0.4 is 0 Å². The van der Waals surface area contributed by atoms with Gasteiger partial charge in [-0.05, 0) is 90.0 Å². The summed E-state index contributed by atoms with van der Waals surface area (Å²) >= 11 is 0. The summed E-state index contributed by atoms with van der Waals surface area (Å²) in [6, 6.07) is 6.33. The molecule has 7 nitrogen and oxygen atoms in total. The van der Waals surface area contributed by atoms with Crippen LogP contribution in [0.25, 0.3) is 0 Å². The molecule has 2 atom stereocenters. The molecule has 0 radical (unpaired) electrons. The molecular weight excluding hydrogens is 442 g/mol. The Morgan fingerprint density at radius 3 is 1.82 bits per heavy atom. The van der Waals surface area contributed by atoms with Crippen LogP contribution in [0.15, 0.2) is 29.2 Å². The summed E-state index contributed by atoms with van der Waals surface area (Å²) in [5.74, 6) is 0.0670. The third-order valence-electron chi connectivity index (χ3n) is 6.14. The molecule has 2 saturated heterocycles. The Morgan fingerprint density at radius 1 is 0.909 bits per heavy atom. The van der Waals surface area contributed by atoms with Gasteiger partial charge in [-0.25, -0.2) is 13.2 Å². The highest BCUT2D eigenvalue weighted by atomic mass is 32.2. The average molecular weight is 484 g/mol. The molecule has 188 valence electrons. The smallest absolute Gasteiger partial charge is 0.410 e. The molecule has 1 aromatic rings. The number of hydrogen-bond acceptors (Lipinski definition) is 6. The summed E-state index contributed by atoms with van der Waals surface area (Å²) in [5.41, 5.74) is -0.367. The zero-order chi connectivity index (χ0) is 24.6. The van der Waals surface area contributed by atoms with E-state index >= 15 is 0 Å². The topological polar surface area (TPSA) is 104 Å². The zero-order valence-corrected chi connectivity index (χ0v) is 21.3. The van der Waals surface area contributed by atoms with Crippen LogP contribution in [0.1, 0.15) is 85.0 Å². The van der Waals surface area contributed by atoms with Crippen LogP contribution in [0, 0.1) is 0 Å². The van der Waals surface area contributed by atoms with Gasteiger partial charge < -0.3 is 19.8 Å². The van der Waals surface area contributed by atoms with E-state index in [-0.39, 0.29) is 28.4 Å². The minimum Gasteiger partial charge on any atom is -0.508 e. The van der Waals surface area contributed by atoms with Crippen molar-refractivity contribution in [1.82, 2.24) is 4.90 Å². The predicted molar refractivity (Wildman–Crippen MR) is 129 cm³/mol. The van der Waals surface area contributed by atoms with Gasteiger partial charge in [-0.1, -0.05) is 19.3 Å². The minimum atomic E-state index is -3.13. The number of nitrogens with zero attached hydrogens (tertiary/aromatic N) is 1. The minimum absolute atomic E-state index is 0.0359. The lowest BCUT2D eigenvalue weighted by Gasteiger charge is -2.35. The molecule has 0 spiro atoms. The Kier molecular flexibility index (Phi) is 10.0. The highest BCUT2D eigenvalue weighted by Crippen LogP contribution is 2.36. The summed E-state index contributed by atoms with van der Waals surface area (Å²) in [6.45, 7) is 5.78. The Labute approximate surface area is 199 Å². The van der Waals surface area contributed by atoms with E-state index in [1.165, 1.54) is 62.8 Å². The molecule has 4 rings (SSSR count). The van der Waals surface area contributed by atoms with Gasteiger partial charge in [0.2, 0.25) is 0 Å². The Morgan fingerprint density at radius 2 is 1.42 bits per heavy atom. The second-order valence-electron chi connectivity index (χ2n) is 10.3. The SMILES string of the molecule is CC(C)(C)OC(=O)N1C2CCCC1CC2.CS(=O)(=O)c1ccc(O)cc1.OC1CCCCC1. The fourth-order valence-electron chi connectivity index (χ4n) is 4.50. The number of aliphatic hydroxyl groups excluding tert-OH is 1. The lowest BCUT2D eigenvalue weighted by atomic mass is 9.98. The average Bonchev–Trinajstić information content (AvgIpc) is 2.97. The molecule has 2 unspecified atom stereocenters. The van der Waals surface area contributed by atoms with E-state index in [4.69, 9.17) is 14.9 Å². The van der Waals surface area contributed by atoms with Crippen LogP contribution in [-0.4, -0.2) is 59.7 Å². The normalized spacial score (nSPS) is 23.0. The van der Waals surface area contributed by atoms with E-state index in [0.29, 0.717) is 12.1 Å². The van der Waals surface area contributed by atoms with Crippen LogP contribution in [0.3, 0.4) is 0 Å². The van der Waals surface area contributed by atoms with E-state index in [2.05, 4.69) is 0 Å². The summed E-state index contributed by atoms with van der Waals surface area (Å²) in [6.07, 6.45) is 12.9. The second-order valence-corrected chi connectivity index (χ2v) is 12.3. The molecule has 33 heavy (non-hydrogen) atoms. The van der Waals surface area contributed by atoms with Crippen molar-refractivity contribution < 1.29 is 28.2 Å². The largest absolute Gasteiger partial charge is 0.508 e. The van der Waals surface area contributed by atoms with Crippen molar-refractivity contribution in [2.45, 2.75) is 114 Å². The Balaban J connectivity index is 0.000000188. The maximum absolute atomic E-state index is 12.0. The maximum Gasteiger partial charge on any atom is 0.410 e. The first-order valence-electron chi connectivity index (χ1n) is 12.1. The van der Waals surface area contributed by atoms with Crippen molar-refractivity contribution in [3.05, 3.63) is 24.3 Å². The Bertz CT molecular complexity index is 825. The van der Waals surface area contributed by atoms with Gasteiger partial charge in [0, 0.05) is 18.3 Å². The van der Waals surface area contributed by atoms with E-state index in [1.54, 1.807) is 0 Å². The number of hydrogen-bond donors (Lipinski definition) is 2. The van der Waals surface area contributed by atoms with Crippen molar-refractivity contribution in [2.75, 3.05) is 6.26 Å². The highest BCUT2D eigenvalue weighted by Gasteiger charge is 2.41. The molecule has 1 aliphatic carbocycles. The maximum atomic E-state index is 12.0. The van der Waals surface area contributed by atoms with Crippen molar-refractivity contribution in [3.8, 4) is 5.75 Å². The van der Waals surface area contributed by atoms with Crippen molar-refractivity contribution in [2.24, 2.45) is 0 Å². The number of aliphatic hydroxyl groups is 1. The number of ether oxygens (including phenoxy) is 1. The van der Waals surface area contributed by atoms with Gasteiger partial charge >= 0.3 is 6.09 Å². The number of carbonyl (C=O) groups is 1. The van der Waals surface area contributed by atoms with E-state index in [0.717, 1.165) is 31.9 Å². The number of fused-ring (bicyclic) bond motifs is 2. The summed E-state index contributed by atoms with van der Waals surface area (Å²) in [4.78, 5) is 14.2. The number of amides is 1. The van der Waals surface area contributed by atoms with Gasteiger partial charge in [-0.2, -0.15) is 0 Å². The first kappa shape index (κ1) is 27.4. The van der Waals surface area contributed by atoms with Crippen LogP contribution in [0.2, 0.25) is 0 Å². The summed E-state index contributed by atoms with van der Waals surface area (Å²) < 4.78 is 27.2. The van der Waals surface area contributed by atoms with Gasteiger partial charge in [0.05, 0.1) is 11.0 Å². The predicted octanol–water partition coefficient (Wildman–Crippen LogP) is 5.05. The molecule has 2 bridgehead atoms. The zero-order valence-electron chi connectivity index (χ0n) is 20.5. The van der Waals surface area contributed by atoms with Crippen molar-refractivity contribution in [3.63, 3.8) is 0 Å². The number of carbonyl (C=O) groups excluding carboxylic acids is 1. The molecule has 3 aliphatic rings. The van der Waals surface area contributed by atoms with Gasteiger partial charge in [0.25, 0.3) is 0 Å². The molecule has 2 aliphatic heterocycles. The number of aromatic hydroxyl groups is 1. The fourth-order valence-corrected chi connectivity index (χ4v) is 5.13. The number of phenolic OH excluding ortho intramolecular Hbond substituents is 1. The molecular formula is C25H41NO6S. The third-order valence-corrected chi connectivity index (χ3v) is 7.27. The van der Waals surface area contributed by atoms with Gasteiger partial charge in [0.15, 0.2) is 9.84 Å². The monoisotopic (exact) mass is 483 g/mol. The summed E-state index contributed by atoms with van der Waals surface area (Å²) in [5, 5.41) is 17.7. The first-order chi connectivity index (χ1) is 15.4. The van der Waals surface area contributed by atoms with Crippen molar-refractivity contribution >= 4 is 15.9 Å². The van der Waals surface area contributed by atoms with Crippen molar-refractivity contribution in [1.29, 1.82) is 0 Å². The van der Waals surface area contributed by atoms with Crippen LogP contribution >= 0.6 is 0 Å². The highest BCUT2D eigenvalue weighted by molar-refractivity contribution is 7.90. The van der Waals surface area contributed by atoms with Gasteiger partial charge in [-0.15, -0.1) is 0 Å². The van der Waals surface area contributed by atoms with Crippen LogP contribution in [0.5, 0.6) is 5.75 Å². The standard InChI is InChI=1S/C12H21NO2.C7H8O3S.C6H12O/c1-12(2,3)15-11(14)13-9-5-4-6-10(13)8-7-9;1-11(9,10)7-4-2-6(8)3-5-7;7-6-4-2-1-3-5-6/h9-10H,4-8H2,1-3H3;2-5,8H,1H3;6-7H,1-5H2. The molecule has 3 fully saturated rings. The lowest BCUT2D eigenvalue weighted by Crippen LogP contribution is -2.46. The third kappa shape index (κ3) is 9.53. The molecule has 0 aromatic heterocycles. The number of benzene rings is 1. The van der Waals surface area contributed by atoms with Gasteiger partial charge in [-0.3, -0.25) is 0 Å². The number of sulfone groups is 1. The first-order valence-corrected chi connectivity index (χ1v) is 13.9. The quantitative estimate of drug-likeness (QED) is 0.579. The molecule has 1 aromatic carbocycles. The number of piperidine rings is 1. The number of rotatable bonds is 1. The molecule has 2 N–H and O–H groups in total. The van der Waals surface area contributed by atoms with Gasteiger partial charge in [0.1, 0.15) is 11.4 Å². The summed E-state index contributed by atoms with van der Waals surface area (Å²) in [7, 11) is -3.13. The Hall–Kier alpha value is -1.80. The number of phenols is 1. The van der Waals surface area contributed by atoms with E-state index in [9.17, 15) is 13.2 Å². The molecule has 8 heteroatoms.